The number of ether oxygens (including phenoxy) is 1. The van der Waals surface area contributed by atoms with E-state index in [0.717, 1.165) is 6.08 Å². The van der Waals surface area contributed by atoms with Crippen molar-refractivity contribution in [2.75, 3.05) is 0 Å². The van der Waals surface area contributed by atoms with E-state index in [1.54, 1.807) is 6.92 Å². The summed E-state index contributed by atoms with van der Waals surface area (Å²) < 4.78 is 5.01. The first kappa shape index (κ1) is 7.64. The predicted molar refractivity (Wildman–Crippen MR) is 38.4 cm³/mol. The molecule has 1 fully saturated rings. The highest BCUT2D eigenvalue weighted by Crippen LogP contribution is 2.44. The summed E-state index contributed by atoms with van der Waals surface area (Å²) in [6.45, 7) is 1.61. The van der Waals surface area contributed by atoms with Crippen LogP contribution in [-0.4, -0.2) is 35.0 Å². The van der Waals surface area contributed by atoms with Crippen molar-refractivity contribution >= 4 is 12.1 Å². The second-order valence-electron chi connectivity index (χ2n) is 3.22. The van der Waals surface area contributed by atoms with Gasteiger partial charge in [0.05, 0.1) is 0 Å². The van der Waals surface area contributed by atoms with Gasteiger partial charge in [-0.2, -0.15) is 0 Å². The molecule has 0 spiro atoms. The number of carbonyl (C=O) groups is 2. The van der Waals surface area contributed by atoms with Crippen molar-refractivity contribution in [3.05, 3.63) is 11.6 Å². The van der Waals surface area contributed by atoms with Gasteiger partial charge in [-0.25, -0.2) is 0 Å². The SMILES string of the molecule is C[C@@]12O[C@@H]1[C@@H](O)C(C=O)=CC2=O. The van der Waals surface area contributed by atoms with E-state index in [9.17, 15) is 14.7 Å². The molecular weight excluding hydrogens is 160 g/mol. The molecule has 0 aromatic heterocycles. The Hall–Kier alpha value is -1.00. The third-order valence-corrected chi connectivity index (χ3v) is 2.41. The van der Waals surface area contributed by atoms with Crippen molar-refractivity contribution in [3.8, 4) is 0 Å². The molecule has 0 amide bonds. The molecule has 1 saturated heterocycles. The molecule has 3 atom stereocenters. The summed E-state index contributed by atoms with van der Waals surface area (Å²) in [5.41, 5.74) is -0.758. The number of aliphatic hydroxyl groups excluding tert-OH is 1. The maximum atomic E-state index is 11.2. The van der Waals surface area contributed by atoms with Crippen LogP contribution in [0.2, 0.25) is 0 Å². The van der Waals surface area contributed by atoms with Crippen molar-refractivity contribution in [1.29, 1.82) is 0 Å². The summed E-state index contributed by atoms with van der Waals surface area (Å²) in [5.74, 6) is -0.236. The third kappa shape index (κ3) is 0.735. The number of ketones is 1. The third-order valence-electron chi connectivity index (χ3n) is 2.41. The quantitative estimate of drug-likeness (QED) is 0.411. The normalized spacial score (nSPS) is 44.8. The van der Waals surface area contributed by atoms with Gasteiger partial charge >= 0.3 is 0 Å². The van der Waals surface area contributed by atoms with Gasteiger partial charge in [0.2, 0.25) is 0 Å². The van der Waals surface area contributed by atoms with E-state index in [4.69, 9.17) is 4.74 Å². The second kappa shape index (κ2) is 2.02. The summed E-state index contributed by atoms with van der Waals surface area (Å²) in [4.78, 5) is 21.5. The van der Waals surface area contributed by atoms with Gasteiger partial charge in [0.25, 0.3) is 0 Å². The molecule has 0 aromatic carbocycles. The fourth-order valence-electron chi connectivity index (χ4n) is 1.45. The molecule has 4 heteroatoms. The first-order valence-electron chi connectivity index (χ1n) is 3.66. The molecule has 0 unspecified atom stereocenters. The fourth-order valence-corrected chi connectivity index (χ4v) is 1.45. The van der Waals surface area contributed by atoms with Gasteiger partial charge in [-0.1, -0.05) is 0 Å². The summed E-state index contributed by atoms with van der Waals surface area (Å²) in [5, 5.41) is 9.39. The second-order valence-corrected chi connectivity index (χ2v) is 3.22. The van der Waals surface area contributed by atoms with Crippen LogP contribution in [0.25, 0.3) is 0 Å². The monoisotopic (exact) mass is 168 g/mol. The number of fused-ring (bicyclic) bond motifs is 1. The summed E-state index contributed by atoms with van der Waals surface area (Å²) in [7, 11) is 0. The molecule has 2 aliphatic rings. The average Bonchev–Trinajstić information content (AvgIpc) is 2.72. The Bertz CT molecular complexity index is 293. The summed E-state index contributed by atoms with van der Waals surface area (Å²) >= 11 is 0. The first-order chi connectivity index (χ1) is 5.59. The summed E-state index contributed by atoms with van der Waals surface area (Å²) in [6.07, 6.45) is 0.186. The number of aliphatic hydroxyl groups is 1. The molecule has 1 aliphatic heterocycles. The van der Waals surface area contributed by atoms with Crippen LogP contribution in [0, 0.1) is 0 Å². The van der Waals surface area contributed by atoms with Crippen LogP contribution in [-0.2, 0) is 14.3 Å². The molecule has 1 aliphatic carbocycles. The van der Waals surface area contributed by atoms with Gasteiger partial charge in [-0.3, -0.25) is 9.59 Å². The number of hydrogen-bond acceptors (Lipinski definition) is 4. The zero-order valence-corrected chi connectivity index (χ0v) is 6.48. The van der Waals surface area contributed by atoms with E-state index in [1.807, 2.05) is 0 Å². The predicted octanol–water partition coefficient (Wildman–Crippen LogP) is -0.787. The van der Waals surface area contributed by atoms with Crippen LogP contribution in [0.4, 0.5) is 0 Å². The number of aldehydes is 1. The van der Waals surface area contributed by atoms with Crippen molar-refractivity contribution in [1.82, 2.24) is 0 Å². The number of rotatable bonds is 1. The number of carbonyl (C=O) groups excluding carboxylic acids is 2. The maximum absolute atomic E-state index is 11.2. The van der Waals surface area contributed by atoms with E-state index >= 15 is 0 Å². The molecule has 1 heterocycles. The van der Waals surface area contributed by atoms with Gasteiger partial charge in [0.15, 0.2) is 11.4 Å². The van der Waals surface area contributed by atoms with Crippen LogP contribution in [0.5, 0.6) is 0 Å². The van der Waals surface area contributed by atoms with E-state index in [-0.39, 0.29) is 11.4 Å². The molecule has 1 N–H and O–H groups in total. The van der Waals surface area contributed by atoms with Gasteiger partial charge in [-0.15, -0.1) is 0 Å². The highest BCUT2D eigenvalue weighted by atomic mass is 16.6. The molecule has 12 heavy (non-hydrogen) atoms. The zero-order chi connectivity index (χ0) is 8.93. The summed E-state index contributed by atoms with van der Waals surface area (Å²) in [6, 6.07) is 0. The highest BCUT2D eigenvalue weighted by molar-refractivity contribution is 6.05. The molecule has 4 nitrogen and oxygen atoms in total. The average molecular weight is 168 g/mol. The molecule has 64 valence electrons. The molecular formula is C8H8O4. The smallest absolute Gasteiger partial charge is 0.190 e. The largest absolute Gasteiger partial charge is 0.385 e. The van der Waals surface area contributed by atoms with E-state index < -0.39 is 17.8 Å². The van der Waals surface area contributed by atoms with E-state index in [1.165, 1.54) is 0 Å². The lowest BCUT2D eigenvalue weighted by Gasteiger charge is -2.13. The van der Waals surface area contributed by atoms with Crippen LogP contribution >= 0.6 is 0 Å². The Morgan fingerprint density at radius 1 is 1.75 bits per heavy atom. The Labute approximate surface area is 68.8 Å². The Kier molecular flexibility index (Phi) is 1.29. The van der Waals surface area contributed by atoms with Gasteiger partial charge in [0.1, 0.15) is 18.5 Å². The van der Waals surface area contributed by atoms with E-state index in [2.05, 4.69) is 0 Å². The van der Waals surface area contributed by atoms with Gasteiger partial charge < -0.3 is 9.84 Å². The maximum Gasteiger partial charge on any atom is 0.190 e. The zero-order valence-electron chi connectivity index (χ0n) is 6.48. The molecule has 0 radical (unpaired) electrons. The minimum atomic E-state index is -0.940. The van der Waals surface area contributed by atoms with Crippen molar-refractivity contribution in [2.45, 2.75) is 24.7 Å². The topological polar surface area (TPSA) is 66.9 Å². The molecule has 2 rings (SSSR count). The molecule has 0 bridgehead atoms. The van der Waals surface area contributed by atoms with Gasteiger partial charge in [0, 0.05) is 5.57 Å². The fraction of sp³-hybridized carbons (Fsp3) is 0.500. The lowest BCUT2D eigenvalue weighted by Crippen LogP contribution is -2.35. The van der Waals surface area contributed by atoms with Crippen LogP contribution in [0.3, 0.4) is 0 Å². The Morgan fingerprint density at radius 2 is 2.42 bits per heavy atom. The van der Waals surface area contributed by atoms with Crippen LogP contribution in [0.15, 0.2) is 11.6 Å². The van der Waals surface area contributed by atoms with Crippen molar-refractivity contribution in [2.24, 2.45) is 0 Å². The standard InChI is InChI=1S/C8H8O4/c1-8-5(10)2-4(3-9)6(11)7(8)12-8/h2-3,6-7,11H,1H3/t6-,7+,8-/m0/s1. The number of hydrogen-bond donors (Lipinski definition) is 1. The minimum Gasteiger partial charge on any atom is -0.385 e. The van der Waals surface area contributed by atoms with Gasteiger partial charge in [-0.05, 0) is 13.0 Å². The van der Waals surface area contributed by atoms with Crippen LogP contribution in [0.1, 0.15) is 6.92 Å². The number of epoxide rings is 1. The Morgan fingerprint density at radius 3 is 3.00 bits per heavy atom. The van der Waals surface area contributed by atoms with Crippen molar-refractivity contribution in [3.63, 3.8) is 0 Å². The van der Waals surface area contributed by atoms with Crippen molar-refractivity contribution < 1.29 is 19.4 Å². The lowest BCUT2D eigenvalue weighted by atomic mass is 9.88. The minimum absolute atomic E-state index is 0.111. The highest BCUT2D eigenvalue weighted by Gasteiger charge is 2.63. The molecule has 0 saturated carbocycles. The van der Waals surface area contributed by atoms with E-state index in [0.29, 0.717) is 6.29 Å². The Balaban J connectivity index is 2.38. The molecule has 0 aromatic rings. The lowest BCUT2D eigenvalue weighted by molar-refractivity contribution is -0.119. The van der Waals surface area contributed by atoms with Crippen LogP contribution < -0.4 is 0 Å². The first-order valence-corrected chi connectivity index (χ1v) is 3.66.